The van der Waals surface area contributed by atoms with E-state index < -0.39 is 0 Å². The first-order valence-electron chi connectivity index (χ1n) is 5.86. The Morgan fingerprint density at radius 2 is 2.31 bits per heavy atom. The third-order valence-corrected chi connectivity index (χ3v) is 4.03. The van der Waals surface area contributed by atoms with Gasteiger partial charge in [-0.2, -0.15) is 0 Å². The minimum atomic E-state index is 0.625. The van der Waals surface area contributed by atoms with Gasteiger partial charge in [0.25, 0.3) is 0 Å². The number of piperidine rings is 1. The molecular formula is C11H20N4S. The van der Waals surface area contributed by atoms with E-state index in [0.29, 0.717) is 12.0 Å². The summed E-state index contributed by atoms with van der Waals surface area (Å²) in [6, 6.07) is 0.625. The molecule has 0 aromatic carbocycles. The van der Waals surface area contributed by atoms with Gasteiger partial charge in [0.05, 0.1) is 0 Å². The van der Waals surface area contributed by atoms with Crippen molar-refractivity contribution in [3.8, 4) is 0 Å². The highest BCUT2D eigenvalue weighted by Gasteiger charge is 2.23. The Balaban J connectivity index is 1.81. The highest BCUT2D eigenvalue weighted by atomic mass is 32.1. The molecule has 90 valence electrons. The van der Waals surface area contributed by atoms with Crippen molar-refractivity contribution >= 4 is 11.3 Å². The van der Waals surface area contributed by atoms with Gasteiger partial charge in [-0.25, -0.2) is 0 Å². The van der Waals surface area contributed by atoms with Crippen LogP contribution in [0.3, 0.4) is 0 Å². The molecule has 16 heavy (non-hydrogen) atoms. The number of rotatable bonds is 3. The van der Waals surface area contributed by atoms with Crippen LogP contribution in [0.5, 0.6) is 0 Å². The van der Waals surface area contributed by atoms with Gasteiger partial charge in [-0.05, 0) is 32.9 Å². The third-order valence-electron chi connectivity index (χ3n) is 3.19. The topological polar surface area (TPSA) is 41.1 Å². The average molecular weight is 240 g/mol. The van der Waals surface area contributed by atoms with Crippen molar-refractivity contribution in [2.75, 3.05) is 20.1 Å². The molecule has 1 fully saturated rings. The molecule has 1 aliphatic rings. The largest absolute Gasteiger partial charge is 0.307 e. The monoisotopic (exact) mass is 240 g/mol. The van der Waals surface area contributed by atoms with Crippen LogP contribution >= 0.6 is 11.3 Å². The van der Waals surface area contributed by atoms with E-state index in [0.717, 1.165) is 16.6 Å². The van der Waals surface area contributed by atoms with Crippen molar-refractivity contribution in [2.24, 2.45) is 5.92 Å². The number of nitrogens with zero attached hydrogens (tertiary/aromatic N) is 3. The van der Waals surface area contributed by atoms with Crippen LogP contribution in [0.15, 0.2) is 0 Å². The summed E-state index contributed by atoms with van der Waals surface area (Å²) in [7, 11) is 2.20. The average Bonchev–Trinajstić information content (AvgIpc) is 2.63. The number of nitrogens with one attached hydrogen (secondary N) is 1. The summed E-state index contributed by atoms with van der Waals surface area (Å²) in [6.45, 7) is 7.56. The number of likely N-dealkylation sites (tertiary alicyclic amines) is 1. The molecule has 1 saturated heterocycles. The van der Waals surface area contributed by atoms with E-state index in [1.54, 1.807) is 11.3 Å². The van der Waals surface area contributed by atoms with E-state index >= 15 is 0 Å². The van der Waals surface area contributed by atoms with Gasteiger partial charge < -0.3 is 10.2 Å². The molecule has 5 heteroatoms. The van der Waals surface area contributed by atoms with Crippen molar-refractivity contribution in [1.82, 2.24) is 20.4 Å². The zero-order valence-electron chi connectivity index (χ0n) is 10.2. The molecule has 2 atom stereocenters. The lowest BCUT2D eigenvalue weighted by atomic mass is 9.94. The van der Waals surface area contributed by atoms with Gasteiger partial charge >= 0.3 is 0 Å². The number of hydrogen-bond acceptors (Lipinski definition) is 5. The Labute approximate surface area is 101 Å². The van der Waals surface area contributed by atoms with E-state index in [1.807, 2.05) is 6.92 Å². The Morgan fingerprint density at radius 3 is 2.94 bits per heavy atom. The van der Waals surface area contributed by atoms with E-state index in [9.17, 15) is 0 Å². The molecule has 1 aromatic heterocycles. The van der Waals surface area contributed by atoms with Crippen LogP contribution in [0.4, 0.5) is 0 Å². The lowest BCUT2D eigenvalue weighted by molar-refractivity contribution is 0.174. The van der Waals surface area contributed by atoms with E-state index in [4.69, 9.17) is 0 Å². The smallest absolute Gasteiger partial charge is 0.131 e. The van der Waals surface area contributed by atoms with Crippen LogP contribution in [0.1, 0.15) is 23.4 Å². The first-order chi connectivity index (χ1) is 7.65. The van der Waals surface area contributed by atoms with Crippen LogP contribution in [-0.2, 0) is 6.54 Å². The normalized spacial score (nSPS) is 27.2. The first-order valence-corrected chi connectivity index (χ1v) is 6.67. The first kappa shape index (κ1) is 12.0. The molecule has 0 aliphatic carbocycles. The summed E-state index contributed by atoms with van der Waals surface area (Å²) in [6.07, 6.45) is 1.23. The van der Waals surface area contributed by atoms with E-state index in [2.05, 4.69) is 34.4 Å². The van der Waals surface area contributed by atoms with Gasteiger partial charge in [0.2, 0.25) is 0 Å². The molecule has 0 bridgehead atoms. The molecular weight excluding hydrogens is 220 g/mol. The lowest BCUT2D eigenvalue weighted by Gasteiger charge is -2.35. The van der Waals surface area contributed by atoms with E-state index in [1.165, 1.54) is 19.5 Å². The zero-order chi connectivity index (χ0) is 11.5. The molecule has 1 aromatic rings. The number of hydrogen-bond donors (Lipinski definition) is 1. The minimum Gasteiger partial charge on any atom is -0.307 e. The summed E-state index contributed by atoms with van der Waals surface area (Å²) in [5, 5.41) is 13.9. The van der Waals surface area contributed by atoms with Crippen LogP contribution in [0.25, 0.3) is 0 Å². The number of aryl methyl sites for hydroxylation is 1. The molecule has 0 saturated carbocycles. The molecule has 1 aliphatic heterocycles. The highest BCUT2D eigenvalue weighted by molar-refractivity contribution is 7.11. The van der Waals surface area contributed by atoms with Crippen molar-refractivity contribution in [1.29, 1.82) is 0 Å². The number of aromatic nitrogens is 2. The second kappa shape index (κ2) is 5.21. The summed E-state index contributed by atoms with van der Waals surface area (Å²) in [4.78, 5) is 2.40. The lowest BCUT2D eigenvalue weighted by Crippen LogP contribution is -2.46. The van der Waals surface area contributed by atoms with Crippen molar-refractivity contribution in [3.05, 3.63) is 10.0 Å². The Hall–Kier alpha value is -0.520. The van der Waals surface area contributed by atoms with Crippen molar-refractivity contribution in [2.45, 2.75) is 32.9 Å². The molecule has 4 nitrogen and oxygen atoms in total. The van der Waals surface area contributed by atoms with Crippen LogP contribution < -0.4 is 5.32 Å². The fourth-order valence-electron chi connectivity index (χ4n) is 2.28. The minimum absolute atomic E-state index is 0.625. The van der Waals surface area contributed by atoms with Crippen molar-refractivity contribution < 1.29 is 0 Å². The highest BCUT2D eigenvalue weighted by Crippen LogP contribution is 2.16. The predicted octanol–water partition coefficient (Wildman–Crippen LogP) is 1.28. The predicted molar refractivity (Wildman–Crippen MR) is 66.6 cm³/mol. The van der Waals surface area contributed by atoms with Gasteiger partial charge in [-0.15, -0.1) is 21.5 Å². The Kier molecular flexibility index (Phi) is 3.89. The molecule has 2 heterocycles. The van der Waals surface area contributed by atoms with Gasteiger partial charge in [0.15, 0.2) is 0 Å². The van der Waals surface area contributed by atoms with Gasteiger partial charge in [0.1, 0.15) is 10.0 Å². The van der Waals surface area contributed by atoms with Gasteiger partial charge in [-0.1, -0.05) is 6.92 Å². The maximum atomic E-state index is 4.14. The van der Waals surface area contributed by atoms with Gasteiger partial charge in [-0.3, -0.25) is 0 Å². The quantitative estimate of drug-likeness (QED) is 0.864. The van der Waals surface area contributed by atoms with Crippen LogP contribution in [0, 0.1) is 12.8 Å². The zero-order valence-corrected chi connectivity index (χ0v) is 11.0. The molecule has 2 rings (SSSR count). The molecule has 0 spiro atoms. The second-order valence-corrected chi connectivity index (χ2v) is 6.00. The summed E-state index contributed by atoms with van der Waals surface area (Å²) < 4.78 is 0. The Bertz CT molecular complexity index is 338. The summed E-state index contributed by atoms with van der Waals surface area (Å²) in [5.41, 5.74) is 0. The third kappa shape index (κ3) is 2.99. The maximum absolute atomic E-state index is 4.14. The maximum Gasteiger partial charge on any atom is 0.131 e. The fraction of sp³-hybridized carbons (Fsp3) is 0.818. The molecule has 2 unspecified atom stereocenters. The van der Waals surface area contributed by atoms with Crippen molar-refractivity contribution in [3.63, 3.8) is 0 Å². The Morgan fingerprint density at radius 1 is 1.50 bits per heavy atom. The van der Waals surface area contributed by atoms with E-state index in [-0.39, 0.29) is 0 Å². The van der Waals surface area contributed by atoms with Crippen LogP contribution in [0.2, 0.25) is 0 Å². The van der Waals surface area contributed by atoms with Gasteiger partial charge in [0, 0.05) is 19.1 Å². The fourth-order valence-corrected chi connectivity index (χ4v) is 2.94. The molecule has 0 amide bonds. The van der Waals surface area contributed by atoms with Crippen LogP contribution in [-0.4, -0.2) is 41.3 Å². The molecule has 1 N–H and O–H groups in total. The second-order valence-electron chi connectivity index (χ2n) is 4.73. The SMILES string of the molecule is Cc1nnc(CNC2CCN(C)CC2C)s1. The molecule has 0 radical (unpaired) electrons. The summed E-state index contributed by atoms with van der Waals surface area (Å²) in [5.74, 6) is 0.716. The standard InChI is InChI=1S/C11H20N4S/c1-8-7-15(3)5-4-10(8)12-6-11-14-13-9(2)16-11/h8,10,12H,4-7H2,1-3H3. The summed E-state index contributed by atoms with van der Waals surface area (Å²) >= 11 is 1.68.